The minimum absolute atomic E-state index is 0.0114. The molecule has 1 aliphatic heterocycles. The summed E-state index contributed by atoms with van der Waals surface area (Å²) < 4.78 is 0. The Bertz CT molecular complexity index is 834. The maximum absolute atomic E-state index is 12.3. The molecule has 0 radical (unpaired) electrons. The van der Waals surface area contributed by atoms with Gasteiger partial charge in [-0.2, -0.15) is 0 Å². The summed E-state index contributed by atoms with van der Waals surface area (Å²) in [7, 11) is 0. The first-order chi connectivity index (χ1) is 12.4. The number of thiophene rings is 1. The lowest BCUT2D eigenvalue weighted by molar-refractivity contribution is 0.0999. The first kappa shape index (κ1) is 18.7. The van der Waals surface area contributed by atoms with Crippen molar-refractivity contribution in [2.45, 2.75) is 38.8 Å². The number of fused-ring (bicyclic) bond motifs is 1. The van der Waals surface area contributed by atoms with Crippen molar-refractivity contribution in [2.24, 2.45) is 5.73 Å². The molecule has 1 unspecified atom stereocenters. The molecule has 1 aromatic heterocycles. The van der Waals surface area contributed by atoms with Gasteiger partial charge in [0.05, 0.1) is 5.56 Å². The molecular weight excluding hydrogens is 372 g/mol. The number of halogens is 1. The number of hydrogen-bond donors (Lipinski definition) is 4. The second-order valence-electron chi connectivity index (χ2n) is 6.29. The minimum atomic E-state index is -0.534. The van der Waals surface area contributed by atoms with Crippen molar-refractivity contribution < 1.29 is 9.59 Å². The van der Waals surface area contributed by atoms with Gasteiger partial charge in [0.25, 0.3) is 5.91 Å². The number of nitrogens with one attached hydrogen (secondary N) is 3. The van der Waals surface area contributed by atoms with Crippen LogP contribution in [0.1, 0.15) is 47.1 Å². The lowest BCUT2D eigenvalue weighted by Crippen LogP contribution is -2.38. The van der Waals surface area contributed by atoms with Gasteiger partial charge in [-0.05, 0) is 49.6 Å². The van der Waals surface area contributed by atoms with Gasteiger partial charge in [-0.15, -0.1) is 11.3 Å². The highest BCUT2D eigenvalue weighted by molar-refractivity contribution is 7.17. The summed E-state index contributed by atoms with van der Waals surface area (Å²) in [5.41, 5.74) is 7.51. The predicted octanol–water partition coefficient (Wildman–Crippen LogP) is 4.13. The quantitative estimate of drug-likeness (QED) is 0.629. The molecule has 3 amide bonds. The molecule has 6 nitrogen and oxygen atoms in total. The molecule has 1 aliphatic rings. The third-order valence-corrected chi connectivity index (χ3v) is 5.84. The van der Waals surface area contributed by atoms with E-state index in [2.05, 4.69) is 22.9 Å². The topological polar surface area (TPSA) is 96.2 Å². The third kappa shape index (κ3) is 3.85. The Morgan fingerprint density at radius 1 is 1.31 bits per heavy atom. The van der Waals surface area contributed by atoms with Crippen LogP contribution in [0, 0.1) is 0 Å². The Kier molecular flexibility index (Phi) is 5.50. The van der Waals surface area contributed by atoms with E-state index in [9.17, 15) is 9.59 Å². The highest BCUT2D eigenvalue weighted by Crippen LogP contribution is 2.40. The Hall–Kier alpha value is -2.09. The van der Waals surface area contributed by atoms with Crippen LogP contribution in [0.3, 0.4) is 0 Å². The summed E-state index contributed by atoms with van der Waals surface area (Å²) in [6.45, 7) is 4.13. The van der Waals surface area contributed by atoms with Gasteiger partial charge in [-0.25, -0.2) is 4.79 Å². The van der Waals surface area contributed by atoms with Gasteiger partial charge in [0.2, 0.25) is 0 Å². The first-order valence-electron chi connectivity index (χ1n) is 8.44. The molecule has 0 saturated carbocycles. The molecule has 2 atom stereocenters. The number of amides is 3. The Morgan fingerprint density at radius 3 is 2.62 bits per heavy atom. The monoisotopic (exact) mass is 392 g/mol. The number of carbonyl (C=O) groups is 2. The molecule has 5 N–H and O–H groups in total. The standard InChI is InChI=1S/C18H21ClN4O2S/c1-3-11-8-13-14(9(2)21-11)15(16(20)24)17(26-13)23-18(25)22-12-6-4-10(19)5-7-12/h4-7,9,11,21H,3,8H2,1-2H3,(H2,20,24)(H2,22,23,25)/t9?,11-/m0/s1. The number of carbonyl (C=O) groups excluding carboxylic acids is 2. The fraction of sp³-hybridized carbons (Fsp3) is 0.333. The zero-order valence-corrected chi connectivity index (χ0v) is 16.1. The number of primary amides is 1. The fourth-order valence-corrected chi connectivity index (χ4v) is 4.72. The van der Waals surface area contributed by atoms with Gasteiger partial charge in [0.15, 0.2) is 0 Å². The van der Waals surface area contributed by atoms with E-state index in [1.807, 2.05) is 6.92 Å². The molecule has 0 fully saturated rings. The van der Waals surface area contributed by atoms with Crippen molar-refractivity contribution in [2.75, 3.05) is 10.6 Å². The van der Waals surface area contributed by atoms with Crippen LogP contribution in [-0.2, 0) is 6.42 Å². The smallest absolute Gasteiger partial charge is 0.324 e. The van der Waals surface area contributed by atoms with Crippen molar-refractivity contribution in [1.82, 2.24) is 5.32 Å². The van der Waals surface area contributed by atoms with E-state index in [4.69, 9.17) is 17.3 Å². The molecule has 8 heteroatoms. The Balaban J connectivity index is 1.84. The summed E-state index contributed by atoms with van der Waals surface area (Å²) in [4.78, 5) is 25.5. The number of hydrogen-bond acceptors (Lipinski definition) is 4. The van der Waals surface area contributed by atoms with Gasteiger partial charge in [0, 0.05) is 27.7 Å². The molecule has 138 valence electrons. The zero-order chi connectivity index (χ0) is 18.8. The van der Waals surface area contributed by atoms with Crippen molar-refractivity contribution >= 4 is 45.6 Å². The van der Waals surface area contributed by atoms with Crippen LogP contribution < -0.4 is 21.7 Å². The van der Waals surface area contributed by atoms with Gasteiger partial charge < -0.3 is 16.4 Å². The Labute approximate surface area is 161 Å². The van der Waals surface area contributed by atoms with Crippen LogP contribution in [-0.4, -0.2) is 18.0 Å². The normalized spacial score (nSPS) is 18.9. The maximum Gasteiger partial charge on any atom is 0.324 e. The number of benzene rings is 1. The average molecular weight is 393 g/mol. The van der Waals surface area contributed by atoms with Crippen LogP contribution in [0.15, 0.2) is 24.3 Å². The highest BCUT2D eigenvalue weighted by atomic mass is 35.5. The molecule has 0 aliphatic carbocycles. The number of anilines is 2. The molecular formula is C18H21ClN4O2S. The van der Waals surface area contributed by atoms with Gasteiger partial charge in [0.1, 0.15) is 5.00 Å². The molecule has 0 bridgehead atoms. The number of urea groups is 1. The summed E-state index contributed by atoms with van der Waals surface area (Å²) in [6.07, 6.45) is 1.81. The largest absolute Gasteiger partial charge is 0.365 e. The van der Waals surface area contributed by atoms with E-state index in [0.29, 0.717) is 27.3 Å². The predicted molar refractivity (Wildman–Crippen MR) is 106 cm³/mol. The van der Waals surface area contributed by atoms with Crippen molar-refractivity contribution in [3.05, 3.63) is 45.3 Å². The highest BCUT2D eigenvalue weighted by Gasteiger charge is 2.31. The number of nitrogens with two attached hydrogens (primary N) is 1. The molecule has 1 aromatic carbocycles. The summed E-state index contributed by atoms with van der Waals surface area (Å²) >= 11 is 7.27. The summed E-state index contributed by atoms with van der Waals surface area (Å²) in [5.74, 6) is -0.534. The number of rotatable bonds is 4. The second kappa shape index (κ2) is 7.65. The first-order valence-corrected chi connectivity index (χ1v) is 9.63. The fourth-order valence-electron chi connectivity index (χ4n) is 3.21. The van der Waals surface area contributed by atoms with E-state index in [0.717, 1.165) is 23.3 Å². The van der Waals surface area contributed by atoms with Gasteiger partial charge in [-0.1, -0.05) is 18.5 Å². The van der Waals surface area contributed by atoms with Crippen molar-refractivity contribution in [1.29, 1.82) is 0 Å². The van der Waals surface area contributed by atoms with E-state index < -0.39 is 11.9 Å². The SMILES string of the molecule is CC[C@H]1Cc2sc(NC(=O)Nc3ccc(Cl)cc3)c(C(N)=O)c2C(C)N1. The van der Waals surface area contributed by atoms with Crippen LogP contribution in [0.4, 0.5) is 15.5 Å². The molecule has 0 saturated heterocycles. The lowest BCUT2D eigenvalue weighted by atomic mass is 9.93. The Morgan fingerprint density at radius 2 is 2.00 bits per heavy atom. The molecule has 26 heavy (non-hydrogen) atoms. The molecule has 2 aromatic rings. The minimum Gasteiger partial charge on any atom is -0.365 e. The van der Waals surface area contributed by atoms with Crippen LogP contribution in [0.2, 0.25) is 5.02 Å². The second-order valence-corrected chi connectivity index (χ2v) is 7.83. The molecule has 0 spiro atoms. The molecule has 2 heterocycles. The van der Waals surface area contributed by atoms with E-state index in [1.54, 1.807) is 24.3 Å². The van der Waals surface area contributed by atoms with Gasteiger partial charge in [-0.3, -0.25) is 10.1 Å². The van der Waals surface area contributed by atoms with E-state index in [1.165, 1.54) is 11.3 Å². The summed E-state index contributed by atoms with van der Waals surface area (Å²) in [5, 5.41) is 10.1. The zero-order valence-electron chi connectivity index (χ0n) is 14.6. The average Bonchev–Trinajstić information content (AvgIpc) is 2.95. The van der Waals surface area contributed by atoms with Crippen LogP contribution in [0.5, 0.6) is 0 Å². The van der Waals surface area contributed by atoms with Crippen molar-refractivity contribution in [3.8, 4) is 0 Å². The lowest BCUT2D eigenvalue weighted by Gasteiger charge is -2.28. The third-order valence-electron chi connectivity index (χ3n) is 4.44. The van der Waals surface area contributed by atoms with Crippen molar-refractivity contribution in [3.63, 3.8) is 0 Å². The van der Waals surface area contributed by atoms with Gasteiger partial charge >= 0.3 is 6.03 Å². The maximum atomic E-state index is 12.3. The van der Waals surface area contributed by atoms with E-state index >= 15 is 0 Å². The summed E-state index contributed by atoms with van der Waals surface area (Å²) in [6, 6.07) is 6.72. The van der Waals surface area contributed by atoms with Crippen LogP contribution in [0.25, 0.3) is 0 Å². The van der Waals surface area contributed by atoms with Crippen LogP contribution >= 0.6 is 22.9 Å². The molecule has 3 rings (SSSR count). The van der Waals surface area contributed by atoms with E-state index in [-0.39, 0.29) is 6.04 Å².